The van der Waals surface area contributed by atoms with Crippen LogP contribution in [-0.4, -0.2) is 41.2 Å². The van der Waals surface area contributed by atoms with E-state index in [1.807, 2.05) is 13.8 Å². The van der Waals surface area contributed by atoms with Crippen LogP contribution in [-0.2, 0) is 4.79 Å². The summed E-state index contributed by atoms with van der Waals surface area (Å²) in [5, 5.41) is 14.4. The second kappa shape index (κ2) is 10.7. The van der Waals surface area contributed by atoms with E-state index in [1.165, 1.54) is 11.3 Å². The van der Waals surface area contributed by atoms with Crippen molar-refractivity contribution in [1.82, 2.24) is 4.98 Å². The standard InChI is InChI=1S/C25H27N3O5S/c1-16(2)32-21-11-18(24(31)27-25-26-9-10-34-25)12-22(13-21)33-20-7-5-19(6-8-20)28(23(30)15-29)14-17-3-4-17/h5-13,16-17,29H,3-4,14-15H2,1-2H3,(H,26,27,31). The third-order valence-electron chi connectivity index (χ3n) is 5.12. The van der Waals surface area contributed by atoms with E-state index in [2.05, 4.69) is 10.3 Å². The molecule has 0 bridgehead atoms. The zero-order valence-electron chi connectivity index (χ0n) is 19.1. The van der Waals surface area contributed by atoms with Crippen molar-refractivity contribution in [2.75, 3.05) is 23.4 Å². The van der Waals surface area contributed by atoms with E-state index in [0.29, 0.717) is 46.1 Å². The highest BCUT2D eigenvalue weighted by Crippen LogP contribution is 2.33. The van der Waals surface area contributed by atoms with Gasteiger partial charge in [-0.15, -0.1) is 11.3 Å². The van der Waals surface area contributed by atoms with E-state index in [1.54, 1.807) is 58.9 Å². The summed E-state index contributed by atoms with van der Waals surface area (Å²) in [5.41, 5.74) is 1.09. The van der Waals surface area contributed by atoms with Crippen LogP contribution in [0.25, 0.3) is 0 Å². The number of amides is 2. The van der Waals surface area contributed by atoms with Crippen LogP contribution in [0.4, 0.5) is 10.8 Å². The molecule has 1 aromatic heterocycles. The SMILES string of the molecule is CC(C)Oc1cc(Oc2ccc(N(CC3CC3)C(=O)CO)cc2)cc(C(=O)Nc2nccs2)c1. The van der Waals surface area contributed by atoms with Crippen LogP contribution in [0.5, 0.6) is 17.2 Å². The van der Waals surface area contributed by atoms with Crippen molar-refractivity contribution in [1.29, 1.82) is 0 Å². The molecule has 0 aliphatic heterocycles. The molecule has 1 saturated carbocycles. The number of aliphatic hydroxyl groups is 1. The van der Waals surface area contributed by atoms with Crippen LogP contribution in [0, 0.1) is 5.92 Å². The number of nitrogens with zero attached hydrogens (tertiary/aromatic N) is 2. The molecular formula is C25H27N3O5S. The molecule has 3 aromatic rings. The summed E-state index contributed by atoms with van der Waals surface area (Å²) < 4.78 is 11.8. The van der Waals surface area contributed by atoms with E-state index < -0.39 is 6.61 Å². The minimum atomic E-state index is -0.528. The minimum absolute atomic E-state index is 0.0779. The van der Waals surface area contributed by atoms with E-state index >= 15 is 0 Å². The first kappa shape index (κ1) is 23.7. The van der Waals surface area contributed by atoms with Gasteiger partial charge in [-0.05, 0) is 69.0 Å². The van der Waals surface area contributed by atoms with Crippen molar-refractivity contribution in [2.24, 2.45) is 5.92 Å². The molecular weight excluding hydrogens is 454 g/mol. The lowest BCUT2D eigenvalue weighted by atomic mass is 10.2. The molecule has 4 rings (SSSR count). The van der Waals surface area contributed by atoms with Gasteiger partial charge in [0.2, 0.25) is 0 Å². The number of nitrogens with one attached hydrogen (secondary N) is 1. The Hall–Kier alpha value is -3.43. The predicted octanol–water partition coefficient (Wildman–Crippen LogP) is 4.71. The van der Waals surface area contributed by atoms with Gasteiger partial charge in [0, 0.05) is 35.4 Å². The number of anilines is 2. The van der Waals surface area contributed by atoms with Gasteiger partial charge in [-0.1, -0.05) is 0 Å². The molecule has 0 unspecified atom stereocenters. The molecule has 2 amide bonds. The van der Waals surface area contributed by atoms with Crippen LogP contribution in [0.1, 0.15) is 37.0 Å². The molecule has 0 saturated heterocycles. The van der Waals surface area contributed by atoms with E-state index in [9.17, 15) is 14.7 Å². The molecule has 2 N–H and O–H groups in total. The van der Waals surface area contributed by atoms with Crippen LogP contribution < -0.4 is 19.7 Å². The molecule has 0 atom stereocenters. The minimum Gasteiger partial charge on any atom is -0.491 e. The fourth-order valence-electron chi connectivity index (χ4n) is 3.38. The summed E-state index contributed by atoms with van der Waals surface area (Å²) >= 11 is 1.33. The van der Waals surface area contributed by atoms with Crippen molar-refractivity contribution in [2.45, 2.75) is 32.8 Å². The topological polar surface area (TPSA) is 101 Å². The quantitative estimate of drug-likeness (QED) is 0.435. The number of thiazole rings is 1. The predicted molar refractivity (Wildman–Crippen MR) is 131 cm³/mol. The Morgan fingerprint density at radius 3 is 2.50 bits per heavy atom. The van der Waals surface area contributed by atoms with Gasteiger partial charge in [-0.25, -0.2) is 4.98 Å². The number of ether oxygens (including phenoxy) is 2. The average Bonchev–Trinajstić information content (AvgIpc) is 3.50. The molecule has 1 fully saturated rings. The zero-order chi connectivity index (χ0) is 24.1. The van der Waals surface area contributed by atoms with Gasteiger partial charge < -0.3 is 19.5 Å². The second-order valence-corrected chi connectivity index (χ2v) is 9.25. The smallest absolute Gasteiger partial charge is 0.257 e. The Labute approximate surface area is 202 Å². The number of carbonyl (C=O) groups excluding carboxylic acids is 2. The number of hydrogen-bond acceptors (Lipinski definition) is 7. The zero-order valence-corrected chi connectivity index (χ0v) is 19.9. The maximum Gasteiger partial charge on any atom is 0.257 e. The van der Waals surface area contributed by atoms with E-state index in [-0.39, 0.29) is 17.9 Å². The molecule has 1 heterocycles. The molecule has 9 heteroatoms. The number of rotatable bonds is 10. The normalized spacial score (nSPS) is 12.9. The van der Waals surface area contributed by atoms with Gasteiger partial charge in [0.25, 0.3) is 11.8 Å². The lowest BCUT2D eigenvalue weighted by molar-refractivity contribution is -0.121. The summed E-state index contributed by atoms with van der Waals surface area (Å²) in [6.45, 7) is 3.89. The second-order valence-electron chi connectivity index (χ2n) is 8.35. The highest BCUT2D eigenvalue weighted by Gasteiger charge is 2.27. The van der Waals surface area contributed by atoms with Crippen molar-refractivity contribution in [3.8, 4) is 17.2 Å². The number of aromatic nitrogens is 1. The Balaban J connectivity index is 1.53. The van der Waals surface area contributed by atoms with E-state index in [4.69, 9.17) is 9.47 Å². The van der Waals surface area contributed by atoms with Crippen molar-refractivity contribution < 1.29 is 24.2 Å². The summed E-state index contributed by atoms with van der Waals surface area (Å²) in [6, 6.07) is 12.1. The third kappa shape index (κ3) is 6.33. The first-order chi connectivity index (χ1) is 16.4. The monoisotopic (exact) mass is 481 g/mol. The molecule has 2 aromatic carbocycles. The first-order valence-corrected chi connectivity index (χ1v) is 12.0. The van der Waals surface area contributed by atoms with Crippen molar-refractivity contribution in [3.05, 3.63) is 59.6 Å². The molecule has 178 valence electrons. The molecule has 0 spiro atoms. The summed E-state index contributed by atoms with van der Waals surface area (Å²) in [4.78, 5) is 30.6. The van der Waals surface area contributed by atoms with Crippen LogP contribution in [0.15, 0.2) is 54.0 Å². The molecule has 0 radical (unpaired) electrons. The van der Waals surface area contributed by atoms with Gasteiger partial charge in [0.05, 0.1) is 6.10 Å². The van der Waals surface area contributed by atoms with Gasteiger partial charge in [-0.2, -0.15) is 0 Å². The maximum absolute atomic E-state index is 12.7. The number of benzene rings is 2. The van der Waals surface area contributed by atoms with Gasteiger partial charge in [0.15, 0.2) is 5.13 Å². The van der Waals surface area contributed by atoms with Crippen LogP contribution in [0.2, 0.25) is 0 Å². The lowest BCUT2D eigenvalue weighted by Crippen LogP contribution is -2.34. The Morgan fingerprint density at radius 1 is 1.15 bits per heavy atom. The largest absolute Gasteiger partial charge is 0.491 e. The van der Waals surface area contributed by atoms with Gasteiger partial charge in [0.1, 0.15) is 23.9 Å². The molecule has 34 heavy (non-hydrogen) atoms. The van der Waals surface area contributed by atoms with Crippen molar-refractivity contribution >= 4 is 34.0 Å². The van der Waals surface area contributed by atoms with E-state index in [0.717, 1.165) is 12.8 Å². The molecule has 1 aliphatic rings. The van der Waals surface area contributed by atoms with Gasteiger partial charge >= 0.3 is 0 Å². The summed E-state index contributed by atoms with van der Waals surface area (Å²) in [6.07, 6.45) is 3.75. The first-order valence-electron chi connectivity index (χ1n) is 11.1. The average molecular weight is 482 g/mol. The van der Waals surface area contributed by atoms with Crippen LogP contribution >= 0.6 is 11.3 Å². The lowest BCUT2D eigenvalue weighted by Gasteiger charge is -2.22. The number of hydrogen-bond donors (Lipinski definition) is 2. The molecule has 1 aliphatic carbocycles. The summed E-state index contributed by atoms with van der Waals surface area (Å²) in [5.74, 6) is 1.34. The van der Waals surface area contributed by atoms with Gasteiger partial charge in [-0.3, -0.25) is 14.9 Å². The number of aliphatic hydroxyl groups excluding tert-OH is 1. The van der Waals surface area contributed by atoms with Crippen LogP contribution in [0.3, 0.4) is 0 Å². The highest BCUT2D eigenvalue weighted by molar-refractivity contribution is 7.13. The Kier molecular flexibility index (Phi) is 7.44. The fraction of sp³-hybridized carbons (Fsp3) is 0.320. The Morgan fingerprint density at radius 2 is 1.88 bits per heavy atom. The summed E-state index contributed by atoms with van der Waals surface area (Å²) in [7, 11) is 0. The third-order valence-corrected chi connectivity index (χ3v) is 5.81. The fourth-order valence-corrected chi connectivity index (χ4v) is 3.91. The number of carbonyl (C=O) groups is 2. The Bertz CT molecular complexity index is 1130. The highest BCUT2D eigenvalue weighted by atomic mass is 32.1. The maximum atomic E-state index is 12.7. The van der Waals surface area contributed by atoms with Crippen molar-refractivity contribution in [3.63, 3.8) is 0 Å². The molecule has 8 nitrogen and oxygen atoms in total.